The van der Waals surface area contributed by atoms with Crippen molar-refractivity contribution in [3.8, 4) is 0 Å². The lowest BCUT2D eigenvalue weighted by Crippen LogP contribution is -2.18. The van der Waals surface area contributed by atoms with E-state index < -0.39 is 10.0 Å². The molecule has 2 aromatic rings. The van der Waals surface area contributed by atoms with Crippen LogP contribution >= 0.6 is 11.6 Å². The Morgan fingerprint density at radius 2 is 1.80 bits per heavy atom. The van der Waals surface area contributed by atoms with Crippen LogP contribution in [0.1, 0.15) is 11.1 Å². The van der Waals surface area contributed by atoms with Gasteiger partial charge in [-0.1, -0.05) is 42.5 Å². The largest absolute Gasteiger partial charge is 0.328 e. The molecule has 0 saturated heterocycles. The van der Waals surface area contributed by atoms with E-state index in [0.717, 1.165) is 11.1 Å². The van der Waals surface area contributed by atoms with Crippen molar-refractivity contribution in [3.05, 3.63) is 59.7 Å². The molecule has 1 heterocycles. The maximum Gasteiger partial charge on any atom is 0.287 e. The summed E-state index contributed by atoms with van der Waals surface area (Å²) >= 11 is 5.76. The summed E-state index contributed by atoms with van der Waals surface area (Å²) in [4.78, 5) is 0.162. The van der Waals surface area contributed by atoms with Crippen molar-refractivity contribution in [2.75, 3.05) is 5.32 Å². The molecule has 6 heteroatoms. The normalized spacial score (nSPS) is 15.9. The molecule has 1 aliphatic heterocycles. The highest BCUT2D eigenvalue weighted by atomic mass is 35.5. The molecule has 1 N–H and O–H groups in total. The summed E-state index contributed by atoms with van der Waals surface area (Å²) < 4.78 is 27.4. The molecule has 0 radical (unpaired) electrons. The van der Waals surface area contributed by atoms with Gasteiger partial charge in [0.2, 0.25) is 5.29 Å². The van der Waals surface area contributed by atoms with Gasteiger partial charge in [0.25, 0.3) is 10.0 Å². The SMILES string of the molecule is O=S1(=O)N=C(Cl)Nc2c(Cc3ccccc3)cccc21. The van der Waals surface area contributed by atoms with Gasteiger partial charge in [0.15, 0.2) is 0 Å². The Hall–Kier alpha value is -1.85. The van der Waals surface area contributed by atoms with E-state index in [4.69, 9.17) is 11.6 Å². The molecule has 0 atom stereocenters. The third-order valence-corrected chi connectivity index (χ3v) is 4.65. The van der Waals surface area contributed by atoms with Gasteiger partial charge in [-0.25, -0.2) is 0 Å². The predicted octanol–water partition coefficient (Wildman–Crippen LogP) is 2.99. The van der Waals surface area contributed by atoms with E-state index >= 15 is 0 Å². The van der Waals surface area contributed by atoms with Crippen molar-refractivity contribution >= 4 is 32.6 Å². The standard InChI is InChI=1S/C14H11ClN2O2S/c15-14-16-13-11(9-10-5-2-1-3-6-10)7-4-8-12(13)20(18,19)17-14/h1-8H,9H2,(H,16,17). The molecule has 0 unspecified atom stereocenters. The fourth-order valence-electron chi connectivity index (χ4n) is 2.18. The average Bonchev–Trinajstić information content (AvgIpc) is 2.40. The number of benzene rings is 2. The summed E-state index contributed by atoms with van der Waals surface area (Å²) in [6.45, 7) is 0. The number of anilines is 1. The quantitative estimate of drug-likeness (QED) is 0.868. The van der Waals surface area contributed by atoms with Crippen LogP contribution in [0, 0.1) is 0 Å². The minimum absolute atomic E-state index is 0.127. The Labute approximate surface area is 122 Å². The molecule has 0 amide bonds. The van der Waals surface area contributed by atoms with Crippen LogP contribution in [-0.4, -0.2) is 13.7 Å². The number of halogens is 1. The first-order valence-corrected chi connectivity index (χ1v) is 7.81. The van der Waals surface area contributed by atoms with Gasteiger partial charge in [0.1, 0.15) is 4.90 Å². The second kappa shape index (κ2) is 4.92. The van der Waals surface area contributed by atoms with Crippen LogP contribution in [0.5, 0.6) is 0 Å². The van der Waals surface area contributed by atoms with E-state index in [1.54, 1.807) is 6.07 Å². The minimum atomic E-state index is -3.71. The summed E-state index contributed by atoms with van der Waals surface area (Å²) in [6.07, 6.45) is 0.622. The first-order valence-electron chi connectivity index (χ1n) is 5.99. The number of rotatable bonds is 2. The van der Waals surface area contributed by atoms with Crippen molar-refractivity contribution in [1.82, 2.24) is 0 Å². The van der Waals surface area contributed by atoms with Crippen LogP contribution in [0.15, 0.2) is 57.8 Å². The zero-order chi connectivity index (χ0) is 14.2. The maximum atomic E-state index is 12.0. The molecule has 0 spiro atoms. The van der Waals surface area contributed by atoms with Crippen LogP contribution in [0.25, 0.3) is 0 Å². The molecule has 20 heavy (non-hydrogen) atoms. The zero-order valence-corrected chi connectivity index (χ0v) is 11.9. The molecule has 0 bridgehead atoms. The summed E-state index contributed by atoms with van der Waals surface area (Å²) in [6, 6.07) is 14.9. The van der Waals surface area contributed by atoms with E-state index in [9.17, 15) is 8.42 Å². The number of fused-ring (bicyclic) bond motifs is 1. The average molecular weight is 307 g/mol. The lowest BCUT2D eigenvalue weighted by Gasteiger charge is -2.18. The Bertz CT molecular complexity index is 786. The first-order chi connectivity index (χ1) is 9.56. The van der Waals surface area contributed by atoms with Gasteiger partial charge in [-0.3, -0.25) is 0 Å². The van der Waals surface area contributed by atoms with Crippen LogP contribution in [-0.2, 0) is 16.4 Å². The topological polar surface area (TPSA) is 58.5 Å². The van der Waals surface area contributed by atoms with Gasteiger partial charge in [-0.05, 0) is 35.2 Å². The molecular formula is C14H11ClN2O2S. The molecule has 0 fully saturated rings. The number of sulfonamides is 1. The highest BCUT2D eigenvalue weighted by Gasteiger charge is 2.25. The summed E-state index contributed by atoms with van der Waals surface area (Å²) in [7, 11) is -3.71. The van der Waals surface area contributed by atoms with Crippen molar-refractivity contribution in [1.29, 1.82) is 0 Å². The summed E-state index contributed by atoms with van der Waals surface area (Å²) in [5.41, 5.74) is 2.47. The van der Waals surface area contributed by atoms with E-state index in [1.165, 1.54) is 6.07 Å². The number of nitrogens with zero attached hydrogens (tertiary/aromatic N) is 1. The molecule has 3 rings (SSSR count). The zero-order valence-electron chi connectivity index (χ0n) is 10.4. The Morgan fingerprint density at radius 3 is 2.55 bits per heavy atom. The molecule has 0 saturated carbocycles. The van der Waals surface area contributed by atoms with Crippen molar-refractivity contribution in [2.24, 2.45) is 4.40 Å². The molecule has 102 valence electrons. The Balaban J connectivity index is 2.08. The number of hydrogen-bond donors (Lipinski definition) is 1. The molecule has 0 aromatic heterocycles. The number of hydrogen-bond acceptors (Lipinski definition) is 3. The number of nitrogens with one attached hydrogen (secondary N) is 1. The van der Waals surface area contributed by atoms with Gasteiger partial charge >= 0.3 is 0 Å². The third kappa shape index (κ3) is 2.42. The smallest absolute Gasteiger partial charge is 0.287 e. The first kappa shape index (κ1) is 13.1. The van der Waals surface area contributed by atoms with E-state index in [2.05, 4.69) is 9.71 Å². The van der Waals surface area contributed by atoms with Gasteiger partial charge in [-0.2, -0.15) is 8.42 Å². The Kier molecular flexibility index (Phi) is 3.23. The maximum absolute atomic E-state index is 12.0. The second-order valence-corrected chi connectivity index (χ2v) is 6.37. The van der Waals surface area contributed by atoms with Crippen molar-refractivity contribution < 1.29 is 8.42 Å². The monoisotopic (exact) mass is 306 g/mol. The minimum Gasteiger partial charge on any atom is -0.328 e. The predicted molar refractivity (Wildman–Crippen MR) is 79.8 cm³/mol. The van der Waals surface area contributed by atoms with Crippen molar-refractivity contribution in [3.63, 3.8) is 0 Å². The van der Waals surface area contributed by atoms with E-state index in [0.29, 0.717) is 12.1 Å². The molecular weight excluding hydrogens is 296 g/mol. The lowest BCUT2D eigenvalue weighted by molar-refractivity contribution is 0.598. The van der Waals surface area contributed by atoms with Gasteiger partial charge < -0.3 is 5.32 Å². The molecule has 1 aliphatic rings. The summed E-state index contributed by atoms with van der Waals surface area (Å²) in [5.74, 6) is 0. The van der Waals surface area contributed by atoms with Gasteiger partial charge in [-0.15, -0.1) is 4.40 Å². The highest BCUT2D eigenvalue weighted by molar-refractivity contribution is 7.90. The molecule has 4 nitrogen and oxygen atoms in total. The van der Waals surface area contributed by atoms with Gasteiger partial charge in [0, 0.05) is 0 Å². The van der Waals surface area contributed by atoms with E-state index in [-0.39, 0.29) is 10.2 Å². The number of amidine groups is 1. The Morgan fingerprint density at radius 1 is 1.05 bits per heavy atom. The van der Waals surface area contributed by atoms with Crippen LogP contribution in [0.3, 0.4) is 0 Å². The van der Waals surface area contributed by atoms with Crippen molar-refractivity contribution in [2.45, 2.75) is 11.3 Å². The fraction of sp³-hybridized carbons (Fsp3) is 0.0714. The number of para-hydroxylation sites is 1. The van der Waals surface area contributed by atoms with Gasteiger partial charge in [0.05, 0.1) is 5.69 Å². The fourth-order valence-corrected chi connectivity index (χ4v) is 3.59. The van der Waals surface area contributed by atoms with Crippen LogP contribution in [0.4, 0.5) is 5.69 Å². The lowest BCUT2D eigenvalue weighted by atomic mass is 10.0. The molecule has 0 aliphatic carbocycles. The molecule has 2 aromatic carbocycles. The highest BCUT2D eigenvalue weighted by Crippen LogP contribution is 2.32. The van der Waals surface area contributed by atoms with E-state index in [1.807, 2.05) is 36.4 Å². The van der Waals surface area contributed by atoms with Crippen LogP contribution < -0.4 is 5.32 Å². The van der Waals surface area contributed by atoms with Crippen LogP contribution in [0.2, 0.25) is 0 Å². The summed E-state index contributed by atoms with van der Waals surface area (Å²) in [5, 5.41) is 2.71. The second-order valence-electron chi connectivity index (χ2n) is 4.43. The third-order valence-electron chi connectivity index (χ3n) is 3.06.